The average Bonchev–Trinajstić information content (AvgIpc) is 2.17. The molecule has 0 heterocycles. The van der Waals surface area contributed by atoms with E-state index in [4.69, 9.17) is 16.7 Å². The largest absolute Gasteiger partial charge is 0.396 e. The van der Waals surface area contributed by atoms with Crippen LogP contribution in [0.3, 0.4) is 0 Å². The minimum Gasteiger partial charge on any atom is -0.396 e. The third-order valence-corrected chi connectivity index (χ3v) is 2.35. The Bertz CT molecular complexity index is 384. The summed E-state index contributed by atoms with van der Waals surface area (Å²) in [6, 6.07) is 3.68. The SMILES string of the molecule is CC(CCO)NC(=O)c1ccc(Cl)cc1F. The summed E-state index contributed by atoms with van der Waals surface area (Å²) in [4.78, 5) is 11.6. The fourth-order valence-corrected chi connectivity index (χ4v) is 1.40. The summed E-state index contributed by atoms with van der Waals surface area (Å²) in [5.41, 5.74) is -0.0470. The molecule has 16 heavy (non-hydrogen) atoms. The maximum Gasteiger partial charge on any atom is 0.254 e. The van der Waals surface area contributed by atoms with E-state index in [1.165, 1.54) is 12.1 Å². The highest BCUT2D eigenvalue weighted by Gasteiger charge is 2.13. The van der Waals surface area contributed by atoms with Gasteiger partial charge in [0.25, 0.3) is 5.91 Å². The molecule has 1 unspecified atom stereocenters. The van der Waals surface area contributed by atoms with Gasteiger partial charge in [-0.15, -0.1) is 0 Å². The number of halogens is 2. The second-order valence-corrected chi connectivity index (χ2v) is 3.95. The zero-order valence-electron chi connectivity index (χ0n) is 8.84. The Morgan fingerprint density at radius 1 is 1.62 bits per heavy atom. The molecule has 0 spiro atoms. The van der Waals surface area contributed by atoms with Crippen molar-refractivity contribution in [3.63, 3.8) is 0 Å². The number of carbonyl (C=O) groups excluding carboxylic acids is 1. The summed E-state index contributed by atoms with van der Waals surface area (Å²) in [5.74, 6) is -1.16. The van der Waals surface area contributed by atoms with E-state index >= 15 is 0 Å². The Balaban J connectivity index is 2.73. The molecule has 0 saturated heterocycles. The highest BCUT2D eigenvalue weighted by Crippen LogP contribution is 2.14. The van der Waals surface area contributed by atoms with Crippen LogP contribution in [-0.4, -0.2) is 23.7 Å². The van der Waals surface area contributed by atoms with Crippen molar-refractivity contribution in [3.8, 4) is 0 Å². The van der Waals surface area contributed by atoms with Gasteiger partial charge < -0.3 is 10.4 Å². The van der Waals surface area contributed by atoms with Crippen molar-refractivity contribution in [2.45, 2.75) is 19.4 Å². The molecule has 0 aliphatic carbocycles. The Kier molecular flexibility index (Phi) is 4.71. The van der Waals surface area contributed by atoms with Crippen LogP contribution in [0.25, 0.3) is 0 Å². The minimum absolute atomic E-state index is 0.0233. The van der Waals surface area contributed by atoms with Gasteiger partial charge in [-0.3, -0.25) is 4.79 Å². The molecular formula is C11H13ClFNO2. The van der Waals surface area contributed by atoms with Gasteiger partial charge in [-0.2, -0.15) is 0 Å². The van der Waals surface area contributed by atoms with Crippen LogP contribution in [0, 0.1) is 5.82 Å². The first kappa shape index (κ1) is 12.9. The molecule has 1 rings (SSSR count). The molecule has 0 aliphatic rings. The van der Waals surface area contributed by atoms with Gasteiger partial charge in [0.05, 0.1) is 5.56 Å². The molecule has 1 aromatic carbocycles. The van der Waals surface area contributed by atoms with Crippen LogP contribution >= 0.6 is 11.6 Å². The predicted molar refractivity (Wildman–Crippen MR) is 60.0 cm³/mol. The lowest BCUT2D eigenvalue weighted by Gasteiger charge is -2.12. The summed E-state index contributed by atoms with van der Waals surface area (Å²) in [7, 11) is 0. The van der Waals surface area contributed by atoms with Crippen molar-refractivity contribution in [2.24, 2.45) is 0 Å². The first-order chi connectivity index (χ1) is 7.54. The van der Waals surface area contributed by atoms with E-state index in [-0.39, 0.29) is 23.2 Å². The van der Waals surface area contributed by atoms with Gasteiger partial charge in [0.1, 0.15) is 5.82 Å². The van der Waals surface area contributed by atoms with E-state index in [2.05, 4.69) is 5.32 Å². The maximum atomic E-state index is 13.3. The fraction of sp³-hybridized carbons (Fsp3) is 0.364. The van der Waals surface area contributed by atoms with Crippen molar-refractivity contribution >= 4 is 17.5 Å². The minimum atomic E-state index is -0.652. The number of rotatable bonds is 4. The second kappa shape index (κ2) is 5.82. The summed E-state index contributed by atoms with van der Waals surface area (Å²) >= 11 is 5.57. The number of aliphatic hydroxyl groups is 1. The first-order valence-electron chi connectivity index (χ1n) is 4.91. The smallest absolute Gasteiger partial charge is 0.254 e. The third-order valence-electron chi connectivity index (χ3n) is 2.12. The molecular weight excluding hydrogens is 233 g/mol. The van der Waals surface area contributed by atoms with Crippen LogP contribution in [0.1, 0.15) is 23.7 Å². The number of hydrogen-bond acceptors (Lipinski definition) is 2. The summed E-state index contributed by atoms with van der Waals surface area (Å²) < 4.78 is 13.3. The fourth-order valence-electron chi connectivity index (χ4n) is 1.24. The molecule has 3 nitrogen and oxygen atoms in total. The average molecular weight is 246 g/mol. The zero-order valence-corrected chi connectivity index (χ0v) is 9.59. The van der Waals surface area contributed by atoms with Gasteiger partial charge in [0.15, 0.2) is 0 Å². The van der Waals surface area contributed by atoms with Crippen molar-refractivity contribution in [1.82, 2.24) is 5.32 Å². The number of nitrogens with one attached hydrogen (secondary N) is 1. The van der Waals surface area contributed by atoms with Crippen LogP contribution < -0.4 is 5.32 Å². The van der Waals surface area contributed by atoms with Gasteiger partial charge in [-0.1, -0.05) is 11.6 Å². The Morgan fingerprint density at radius 2 is 2.31 bits per heavy atom. The maximum absolute atomic E-state index is 13.3. The number of hydrogen-bond donors (Lipinski definition) is 2. The second-order valence-electron chi connectivity index (χ2n) is 3.51. The molecule has 0 bridgehead atoms. The van der Waals surface area contributed by atoms with Crippen LogP contribution in [0.15, 0.2) is 18.2 Å². The molecule has 0 fully saturated rings. The molecule has 0 aromatic heterocycles. The molecule has 88 valence electrons. The van der Waals surface area contributed by atoms with Gasteiger partial charge in [-0.05, 0) is 31.5 Å². The van der Waals surface area contributed by atoms with Gasteiger partial charge in [-0.25, -0.2) is 4.39 Å². The summed E-state index contributed by atoms with van der Waals surface area (Å²) in [6.07, 6.45) is 0.431. The standard InChI is InChI=1S/C11H13ClFNO2/c1-7(4-5-15)14-11(16)9-3-2-8(12)6-10(9)13/h2-3,6-7,15H,4-5H2,1H3,(H,14,16). The summed E-state index contributed by atoms with van der Waals surface area (Å²) in [5, 5.41) is 11.5. The van der Waals surface area contributed by atoms with Crippen molar-refractivity contribution < 1.29 is 14.3 Å². The molecule has 1 atom stereocenters. The Hall–Kier alpha value is -1.13. The molecule has 2 N–H and O–H groups in total. The van der Waals surface area contributed by atoms with Crippen molar-refractivity contribution in [2.75, 3.05) is 6.61 Å². The molecule has 1 amide bonds. The summed E-state index contributed by atoms with van der Waals surface area (Å²) in [6.45, 7) is 1.71. The van der Waals surface area contributed by atoms with Crippen LogP contribution in [0.2, 0.25) is 5.02 Å². The molecule has 0 saturated carbocycles. The van der Waals surface area contributed by atoms with Gasteiger partial charge in [0, 0.05) is 17.7 Å². The van der Waals surface area contributed by atoms with Crippen LogP contribution in [-0.2, 0) is 0 Å². The first-order valence-corrected chi connectivity index (χ1v) is 5.29. The van der Waals surface area contributed by atoms with Gasteiger partial charge >= 0.3 is 0 Å². The Labute approximate surface area is 98.2 Å². The van der Waals surface area contributed by atoms with Crippen LogP contribution in [0.4, 0.5) is 4.39 Å². The number of carbonyl (C=O) groups is 1. The van der Waals surface area contributed by atoms with Crippen molar-refractivity contribution in [1.29, 1.82) is 0 Å². The van der Waals surface area contributed by atoms with Crippen molar-refractivity contribution in [3.05, 3.63) is 34.6 Å². The van der Waals surface area contributed by atoms with Crippen LogP contribution in [0.5, 0.6) is 0 Å². The van der Waals surface area contributed by atoms with E-state index in [9.17, 15) is 9.18 Å². The number of amides is 1. The molecule has 1 aromatic rings. The zero-order chi connectivity index (χ0) is 12.1. The highest BCUT2D eigenvalue weighted by molar-refractivity contribution is 6.30. The third kappa shape index (κ3) is 3.47. The number of aliphatic hydroxyl groups excluding tert-OH is 1. The number of benzene rings is 1. The Morgan fingerprint density at radius 3 is 2.88 bits per heavy atom. The monoisotopic (exact) mass is 245 g/mol. The van der Waals surface area contributed by atoms with E-state index in [1.54, 1.807) is 6.92 Å². The topological polar surface area (TPSA) is 49.3 Å². The lowest BCUT2D eigenvalue weighted by molar-refractivity contribution is 0.0930. The predicted octanol–water partition coefficient (Wildman–Crippen LogP) is 1.98. The molecule has 0 aliphatic heterocycles. The lowest BCUT2D eigenvalue weighted by Crippen LogP contribution is -2.33. The normalized spacial score (nSPS) is 12.2. The lowest BCUT2D eigenvalue weighted by atomic mass is 10.1. The van der Waals surface area contributed by atoms with E-state index in [0.717, 1.165) is 6.07 Å². The van der Waals surface area contributed by atoms with E-state index < -0.39 is 11.7 Å². The van der Waals surface area contributed by atoms with E-state index in [1.807, 2.05) is 0 Å². The quantitative estimate of drug-likeness (QED) is 0.852. The van der Waals surface area contributed by atoms with Gasteiger partial charge in [0.2, 0.25) is 0 Å². The molecule has 0 radical (unpaired) electrons. The molecule has 5 heteroatoms. The van der Waals surface area contributed by atoms with E-state index in [0.29, 0.717) is 6.42 Å². The highest BCUT2D eigenvalue weighted by atomic mass is 35.5.